The molecule has 1 saturated heterocycles. The van der Waals surface area contributed by atoms with E-state index in [9.17, 15) is 0 Å². The summed E-state index contributed by atoms with van der Waals surface area (Å²) < 4.78 is 5.76. The second-order valence-electron chi connectivity index (χ2n) is 4.52. The predicted octanol–water partition coefficient (Wildman–Crippen LogP) is 2.49. The molecule has 1 fully saturated rings. The Morgan fingerprint density at radius 1 is 1.42 bits per heavy atom. The highest BCUT2D eigenvalue weighted by Gasteiger charge is 2.42. The van der Waals surface area contributed by atoms with Crippen molar-refractivity contribution in [2.24, 2.45) is 5.92 Å². The Labute approximate surface area is 74.5 Å². The van der Waals surface area contributed by atoms with Crippen LogP contribution >= 0.6 is 0 Å². The average molecular weight is 167 g/mol. The lowest BCUT2D eigenvalue weighted by atomic mass is 9.80. The third kappa shape index (κ3) is 1.61. The van der Waals surface area contributed by atoms with E-state index >= 15 is 0 Å². The Hall–Kier alpha value is -0.550. The van der Waals surface area contributed by atoms with Gasteiger partial charge in [-0.05, 0) is 39.5 Å². The fourth-order valence-electron chi connectivity index (χ4n) is 1.70. The molecule has 0 spiro atoms. The summed E-state index contributed by atoms with van der Waals surface area (Å²) in [4.78, 5) is 0. The first-order valence-corrected chi connectivity index (χ1v) is 4.51. The molecule has 1 heterocycles. The number of nitriles is 1. The number of rotatable bonds is 0. The van der Waals surface area contributed by atoms with E-state index in [2.05, 4.69) is 26.8 Å². The van der Waals surface area contributed by atoms with Gasteiger partial charge in [-0.2, -0.15) is 5.26 Å². The van der Waals surface area contributed by atoms with Crippen molar-refractivity contribution in [3.63, 3.8) is 0 Å². The molecular weight excluding hydrogens is 150 g/mol. The van der Waals surface area contributed by atoms with Gasteiger partial charge in [-0.15, -0.1) is 0 Å². The first kappa shape index (κ1) is 9.54. The molecule has 2 heteroatoms. The van der Waals surface area contributed by atoms with E-state index in [-0.39, 0.29) is 5.60 Å². The SMILES string of the molecule is CC1CCC(C)(C)OC1(C)C#N. The van der Waals surface area contributed by atoms with Crippen LogP contribution in [-0.2, 0) is 4.74 Å². The molecule has 2 atom stereocenters. The normalized spacial score (nSPS) is 40.4. The third-order valence-electron chi connectivity index (χ3n) is 2.83. The van der Waals surface area contributed by atoms with E-state index in [1.165, 1.54) is 0 Å². The van der Waals surface area contributed by atoms with Crippen LogP contribution in [0.3, 0.4) is 0 Å². The van der Waals surface area contributed by atoms with Crippen molar-refractivity contribution in [1.82, 2.24) is 0 Å². The van der Waals surface area contributed by atoms with Gasteiger partial charge >= 0.3 is 0 Å². The van der Waals surface area contributed by atoms with Crippen LogP contribution in [0.15, 0.2) is 0 Å². The molecule has 0 aromatic carbocycles. The maximum atomic E-state index is 8.98. The molecule has 1 aliphatic heterocycles. The molecule has 2 unspecified atom stereocenters. The molecule has 0 amide bonds. The lowest BCUT2D eigenvalue weighted by molar-refractivity contribution is -0.161. The molecule has 0 N–H and O–H groups in total. The number of hydrogen-bond donors (Lipinski definition) is 0. The monoisotopic (exact) mass is 167 g/mol. The van der Waals surface area contributed by atoms with E-state index in [0.29, 0.717) is 5.92 Å². The summed E-state index contributed by atoms with van der Waals surface area (Å²) in [5.74, 6) is 0.343. The first-order valence-electron chi connectivity index (χ1n) is 4.51. The van der Waals surface area contributed by atoms with Crippen LogP contribution in [0.1, 0.15) is 40.5 Å². The number of nitrogens with zero attached hydrogens (tertiary/aromatic N) is 1. The minimum Gasteiger partial charge on any atom is -0.354 e. The Balaban J connectivity index is 2.81. The summed E-state index contributed by atoms with van der Waals surface area (Å²) in [6.45, 7) is 8.07. The highest BCUT2D eigenvalue weighted by molar-refractivity contribution is 5.05. The summed E-state index contributed by atoms with van der Waals surface area (Å²) in [5, 5.41) is 8.98. The van der Waals surface area contributed by atoms with E-state index in [1.54, 1.807) is 0 Å². The van der Waals surface area contributed by atoms with Gasteiger partial charge in [0.2, 0.25) is 0 Å². The quantitative estimate of drug-likeness (QED) is 0.555. The van der Waals surface area contributed by atoms with Gasteiger partial charge in [0.05, 0.1) is 11.7 Å². The van der Waals surface area contributed by atoms with Crippen LogP contribution in [0.5, 0.6) is 0 Å². The maximum absolute atomic E-state index is 8.98. The van der Waals surface area contributed by atoms with Crippen LogP contribution in [0.25, 0.3) is 0 Å². The smallest absolute Gasteiger partial charge is 0.154 e. The van der Waals surface area contributed by atoms with Crippen LogP contribution in [0, 0.1) is 17.2 Å². The molecule has 12 heavy (non-hydrogen) atoms. The van der Waals surface area contributed by atoms with E-state index < -0.39 is 5.60 Å². The zero-order valence-electron chi connectivity index (χ0n) is 8.35. The lowest BCUT2D eigenvalue weighted by Crippen LogP contribution is -2.47. The van der Waals surface area contributed by atoms with Crippen molar-refractivity contribution in [2.75, 3.05) is 0 Å². The summed E-state index contributed by atoms with van der Waals surface area (Å²) in [6, 6.07) is 2.26. The van der Waals surface area contributed by atoms with Gasteiger partial charge in [-0.25, -0.2) is 0 Å². The van der Waals surface area contributed by atoms with Crippen molar-refractivity contribution in [3.8, 4) is 6.07 Å². The molecule has 0 bridgehead atoms. The molecule has 0 radical (unpaired) electrons. The molecule has 0 aromatic rings. The van der Waals surface area contributed by atoms with Gasteiger partial charge < -0.3 is 4.74 Å². The van der Waals surface area contributed by atoms with Crippen LogP contribution < -0.4 is 0 Å². The van der Waals surface area contributed by atoms with Crippen molar-refractivity contribution < 1.29 is 4.74 Å². The molecule has 1 aliphatic rings. The van der Waals surface area contributed by atoms with Crippen molar-refractivity contribution in [1.29, 1.82) is 5.26 Å². The van der Waals surface area contributed by atoms with E-state index in [0.717, 1.165) is 12.8 Å². The van der Waals surface area contributed by atoms with Gasteiger partial charge in [-0.3, -0.25) is 0 Å². The average Bonchev–Trinajstić information content (AvgIpc) is 1.97. The maximum Gasteiger partial charge on any atom is 0.154 e. The Morgan fingerprint density at radius 3 is 2.42 bits per heavy atom. The molecule has 68 valence electrons. The van der Waals surface area contributed by atoms with E-state index in [1.807, 2.05) is 6.92 Å². The van der Waals surface area contributed by atoms with Crippen molar-refractivity contribution in [2.45, 2.75) is 51.7 Å². The number of hydrogen-bond acceptors (Lipinski definition) is 2. The van der Waals surface area contributed by atoms with E-state index in [4.69, 9.17) is 10.00 Å². The molecule has 0 aromatic heterocycles. The van der Waals surface area contributed by atoms with Gasteiger partial charge in [0.1, 0.15) is 0 Å². The zero-order valence-corrected chi connectivity index (χ0v) is 8.35. The topological polar surface area (TPSA) is 33.0 Å². The second-order valence-corrected chi connectivity index (χ2v) is 4.52. The molecule has 1 rings (SSSR count). The highest BCUT2D eigenvalue weighted by Crippen LogP contribution is 2.38. The summed E-state index contributed by atoms with van der Waals surface area (Å²) in [6.07, 6.45) is 2.13. The Kier molecular flexibility index (Phi) is 2.18. The molecule has 0 saturated carbocycles. The van der Waals surface area contributed by atoms with Gasteiger partial charge in [0.15, 0.2) is 5.60 Å². The minimum atomic E-state index is -0.582. The van der Waals surface area contributed by atoms with Gasteiger partial charge in [0, 0.05) is 0 Å². The van der Waals surface area contributed by atoms with Crippen molar-refractivity contribution >= 4 is 0 Å². The first-order chi connectivity index (χ1) is 5.40. The molecule has 0 aliphatic carbocycles. The largest absolute Gasteiger partial charge is 0.354 e. The van der Waals surface area contributed by atoms with Crippen LogP contribution in [0.4, 0.5) is 0 Å². The third-order valence-corrected chi connectivity index (χ3v) is 2.83. The second kappa shape index (κ2) is 2.74. The fourth-order valence-corrected chi connectivity index (χ4v) is 1.70. The Bertz CT molecular complexity index is 216. The minimum absolute atomic E-state index is 0.128. The Morgan fingerprint density at radius 2 is 2.00 bits per heavy atom. The molecule has 2 nitrogen and oxygen atoms in total. The fraction of sp³-hybridized carbons (Fsp3) is 0.900. The van der Waals surface area contributed by atoms with Gasteiger partial charge in [0.25, 0.3) is 0 Å². The van der Waals surface area contributed by atoms with Crippen molar-refractivity contribution in [3.05, 3.63) is 0 Å². The highest BCUT2D eigenvalue weighted by atomic mass is 16.5. The lowest BCUT2D eigenvalue weighted by Gasteiger charge is -2.43. The predicted molar refractivity (Wildman–Crippen MR) is 47.6 cm³/mol. The number of ether oxygens (including phenoxy) is 1. The zero-order chi connectivity index (χ0) is 9.41. The van der Waals surface area contributed by atoms with Gasteiger partial charge in [-0.1, -0.05) is 6.92 Å². The summed E-state index contributed by atoms with van der Waals surface area (Å²) in [5.41, 5.74) is -0.710. The summed E-state index contributed by atoms with van der Waals surface area (Å²) in [7, 11) is 0. The van der Waals surface area contributed by atoms with Crippen LogP contribution in [-0.4, -0.2) is 11.2 Å². The molecular formula is C10H17NO. The van der Waals surface area contributed by atoms with Crippen LogP contribution in [0.2, 0.25) is 0 Å². The summed E-state index contributed by atoms with van der Waals surface area (Å²) >= 11 is 0. The standard InChI is InChI=1S/C10H17NO/c1-8-5-6-9(2,3)12-10(8,4)7-11/h8H,5-6H2,1-4H3.